The van der Waals surface area contributed by atoms with Crippen molar-refractivity contribution in [2.24, 2.45) is 0 Å². The smallest absolute Gasteiger partial charge is 0.245 e. The number of hydrogen-bond donors (Lipinski definition) is 2. The number of anilines is 1. The average molecular weight is 279 g/mol. The number of pyridine rings is 1. The highest BCUT2D eigenvalue weighted by atomic mass is 35.5. The Labute approximate surface area is 116 Å². The van der Waals surface area contributed by atoms with E-state index in [2.05, 4.69) is 37.3 Å². The summed E-state index contributed by atoms with van der Waals surface area (Å²) in [6.07, 6.45) is 3.29. The molecule has 0 radical (unpaired) electrons. The molecule has 1 atom stereocenters. The molecule has 0 saturated carbocycles. The van der Waals surface area contributed by atoms with Gasteiger partial charge in [0.2, 0.25) is 5.95 Å². The molecule has 2 aromatic heterocycles. The van der Waals surface area contributed by atoms with Gasteiger partial charge in [-0.25, -0.2) is 0 Å². The fourth-order valence-electron chi connectivity index (χ4n) is 2.20. The molecule has 3 heterocycles. The molecule has 0 amide bonds. The molecule has 0 aliphatic carbocycles. The lowest BCUT2D eigenvalue weighted by Crippen LogP contribution is -2.49. The number of nitrogens with zero attached hydrogens (tertiary/aromatic N) is 4. The van der Waals surface area contributed by atoms with E-state index < -0.39 is 0 Å². The summed E-state index contributed by atoms with van der Waals surface area (Å²) in [5.74, 6) is 1.39. The standard InChI is InChI=1S/C12H15ClN6/c1-8-7-19(5-4-15-8)12-16-11(17-18-12)9-2-3-14-6-10(9)13/h2-3,6,8,15H,4-5,7H2,1H3,(H,16,17,18)/t8-/m0/s1. The van der Waals surface area contributed by atoms with Gasteiger partial charge in [0.25, 0.3) is 0 Å². The quantitative estimate of drug-likeness (QED) is 0.867. The summed E-state index contributed by atoms with van der Waals surface area (Å²) in [5, 5.41) is 11.2. The fourth-order valence-corrected chi connectivity index (χ4v) is 2.40. The van der Waals surface area contributed by atoms with E-state index in [4.69, 9.17) is 11.6 Å². The van der Waals surface area contributed by atoms with Crippen molar-refractivity contribution >= 4 is 17.5 Å². The van der Waals surface area contributed by atoms with Gasteiger partial charge in [-0.3, -0.25) is 10.1 Å². The van der Waals surface area contributed by atoms with Crippen LogP contribution < -0.4 is 10.2 Å². The predicted molar refractivity (Wildman–Crippen MR) is 74.3 cm³/mol. The van der Waals surface area contributed by atoms with Crippen LogP contribution in [0.5, 0.6) is 0 Å². The maximum Gasteiger partial charge on any atom is 0.245 e. The van der Waals surface area contributed by atoms with E-state index in [9.17, 15) is 0 Å². The minimum Gasteiger partial charge on any atom is -0.337 e. The first-order valence-electron chi connectivity index (χ1n) is 6.24. The molecule has 0 unspecified atom stereocenters. The van der Waals surface area contributed by atoms with E-state index in [1.165, 1.54) is 0 Å². The van der Waals surface area contributed by atoms with Gasteiger partial charge in [0, 0.05) is 43.6 Å². The number of rotatable bonds is 2. The minimum atomic E-state index is 0.445. The van der Waals surface area contributed by atoms with Crippen LogP contribution in [-0.2, 0) is 0 Å². The van der Waals surface area contributed by atoms with Crippen LogP contribution in [0.1, 0.15) is 6.92 Å². The van der Waals surface area contributed by atoms with Crippen LogP contribution in [-0.4, -0.2) is 45.8 Å². The number of H-pyrrole nitrogens is 1. The van der Waals surface area contributed by atoms with Crippen molar-refractivity contribution in [2.75, 3.05) is 24.5 Å². The summed E-state index contributed by atoms with van der Waals surface area (Å²) in [6.45, 7) is 4.91. The summed E-state index contributed by atoms with van der Waals surface area (Å²) in [5.41, 5.74) is 0.818. The first-order valence-corrected chi connectivity index (χ1v) is 6.62. The third kappa shape index (κ3) is 2.54. The van der Waals surface area contributed by atoms with Gasteiger partial charge < -0.3 is 10.2 Å². The minimum absolute atomic E-state index is 0.445. The lowest BCUT2D eigenvalue weighted by atomic mass is 10.2. The fraction of sp³-hybridized carbons (Fsp3) is 0.417. The highest BCUT2D eigenvalue weighted by Gasteiger charge is 2.20. The highest BCUT2D eigenvalue weighted by Crippen LogP contribution is 2.24. The zero-order chi connectivity index (χ0) is 13.2. The third-order valence-electron chi connectivity index (χ3n) is 3.15. The van der Waals surface area contributed by atoms with E-state index >= 15 is 0 Å². The molecule has 6 nitrogen and oxygen atoms in total. The average Bonchev–Trinajstić information content (AvgIpc) is 2.89. The predicted octanol–water partition coefficient (Wildman–Crippen LogP) is 1.32. The van der Waals surface area contributed by atoms with Crippen LogP contribution in [0.25, 0.3) is 11.4 Å². The van der Waals surface area contributed by atoms with Crippen molar-refractivity contribution in [1.29, 1.82) is 0 Å². The lowest BCUT2D eigenvalue weighted by molar-refractivity contribution is 0.480. The molecule has 1 saturated heterocycles. The lowest BCUT2D eigenvalue weighted by Gasteiger charge is -2.30. The molecular weight excluding hydrogens is 264 g/mol. The molecule has 3 rings (SSSR count). The van der Waals surface area contributed by atoms with Crippen molar-refractivity contribution in [3.63, 3.8) is 0 Å². The second-order valence-electron chi connectivity index (χ2n) is 4.64. The molecule has 0 aromatic carbocycles. The Morgan fingerprint density at radius 2 is 2.37 bits per heavy atom. The molecule has 2 N–H and O–H groups in total. The highest BCUT2D eigenvalue weighted by molar-refractivity contribution is 6.33. The van der Waals surface area contributed by atoms with Crippen LogP contribution in [0.15, 0.2) is 18.5 Å². The molecule has 100 valence electrons. The van der Waals surface area contributed by atoms with E-state index in [0.29, 0.717) is 16.9 Å². The molecule has 0 bridgehead atoms. The molecule has 1 fully saturated rings. The zero-order valence-electron chi connectivity index (χ0n) is 10.6. The molecular formula is C12H15ClN6. The molecule has 2 aromatic rings. The van der Waals surface area contributed by atoms with Crippen molar-refractivity contribution in [1.82, 2.24) is 25.5 Å². The maximum atomic E-state index is 6.10. The maximum absolute atomic E-state index is 6.10. The van der Waals surface area contributed by atoms with Gasteiger partial charge in [0.05, 0.1) is 5.02 Å². The van der Waals surface area contributed by atoms with Gasteiger partial charge in [-0.15, -0.1) is 5.10 Å². The Bertz CT molecular complexity index is 569. The summed E-state index contributed by atoms with van der Waals surface area (Å²) >= 11 is 6.10. The number of aromatic amines is 1. The van der Waals surface area contributed by atoms with E-state index in [1.54, 1.807) is 12.4 Å². The molecule has 19 heavy (non-hydrogen) atoms. The normalized spacial score (nSPS) is 19.7. The van der Waals surface area contributed by atoms with Crippen molar-refractivity contribution < 1.29 is 0 Å². The number of nitrogens with one attached hydrogen (secondary N) is 2. The molecule has 0 spiro atoms. The van der Waals surface area contributed by atoms with Crippen molar-refractivity contribution in [3.05, 3.63) is 23.5 Å². The van der Waals surface area contributed by atoms with Crippen molar-refractivity contribution in [3.8, 4) is 11.4 Å². The van der Waals surface area contributed by atoms with E-state index in [0.717, 1.165) is 31.1 Å². The first kappa shape index (κ1) is 12.4. The Kier molecular flexibility index (Phi) is 3.35. The summed E-state index contributed by atoms with van der Waals surface area (Å²) in [7, 11) is 0. The number of aromatic nitrogens is 4. The summed E-state index contributed by atoms with van der Waals surface area (Å²) in [4.78, 5) is 10.6. The Hall–Kier alpha value is -1.66. The molecule has 1 aliphatic rings. The van der Waals surface area contributed by atoms with Gasteiger partial charge in [-0.1, -0.05) is 11.6 Å². The van der Waals surface area contributed by atoms with Gasteiger partial charge in [-0.05, 0) is 13.0 Å². The third-order valence-corrected chi connectivity index (χ3v) is 3.45. The Morgan fingerprint density at radius 3 is 3.16 bits per heavy atom. The van der Waals surface area contributed by atoms with Crippen LogP contribution in [0.4, 0.5) is 5.95 Å². The molecule has 1 aliphatic heterocycles. The second-order valence-corrected chi connectivity index (χ2v) is 5.05. The largest absolute Gasteiger partial charge is 0.337 e. The first-order chi connectivity index (χ1) is 9.24. The number of hydrogen-bond acceptors (Lipinski definition) is 5. The second kappa shape index (κ2) is 5.14. The van der Waals surface area contributed by atoms with Crippen molar-refractivity contribution in [2.45, 2.75) is 13.0 Å². The van der Waals surface area contributed by atoms with E-state index in [1.807, 2.05) is 6.07 Å². The van der Waals surface area contributed by atoms with Crippen LogP contribution in [0.2, 0.25) is 5.02 Å². The monoisotopic (exact) mass is 278 g/mol. The molecule has 7 heteroatoms. The summed E-state index contributed by atoms with van der Waals surface area (Å²) in [6, 6.07) is 2.27. The van der Waals surface area contributed by atoms with Gasteiger partial charge in [0.1, 0.15) is 0 Å². The van der Waals surface area contributed by atoms with Crippen LogP contribution >= 0.6 is 11.6 Å². The van der Waals surface area contributed by atoms with Crippen LogP contribution in [0, 0.1) is 0 Å². The van der Waals surface area contributed by atoms with Gasteiger partial charge in [0.15, 0.2) is 5.82 Å². The number of piperazine rings is 1. The van der Waals surface area contributed by atoms with Gasteiger partial charge >= 0.3 is 0 Å². The SMILES string of the molecule is C[C@H]1CN(c2n[nH]c(-c3ccncc3Cl)n2)CCN1. The number of halogens is 1. The topological polar surface area (TPSA) is 69.7 Å². The van der Waals surface area contributed by atoms with Crippen LogP contribution in [0.3, 0.4) is 0 Å². The zero-order valence-corrected chi connectivity index (χ0v) is 11.4. The summed E-state index contributed by atoms with van der Waals surface area (Å²) < 4.78 is 0. The Balaban J connectivity index is 1.85. The van der Waals surface area contributed by atoms with E-state index in [-0.39, 0.29) is 0 Å². The Morgan fingerprint density at radius 1 is 1.47 bits per heavy atom. The van der Waals surface area contributed by atoms with Gasteiger partial charge in [-0.2, -0.15) is 4.98 Å².